The SMILES string of the molecule is CN1CC(=O)N2[C@@H](CCC(=O)O)C(=O)N(CCSCc3ccccc3)C[C@@H]2N1C(=O)NCc1ccc(F)cc1. The topological polar surface area (TPSA) is 114 Å². The second-order valence-corrected chi connectivity index (χ2v) is 10.6. The van der Waals surface area contributed by atoms with Crippen LogP contribution in [0.2, 0.25) is 0 Å². The summed E-state index contributed by atoms with van der Waals surface area (Å²) in [5, 5.41) is 15.0. The van der Waals surface area contributed by atoms with Crippen molar-refractivity contribution in [2.45, 2.75) is 37.3 Å². The number of likely N-dealkylation sites (N-methyl/N-ethyl adjacent to an activating group) is 1. The highest BCUT2D eigenvalue weighted by molar-refractivity contribution is 7.98. The van der Waals surface area contributed by atoms with Crippen LogP contribution in [0, 0.1) is 5.82 Å². The van der Waals surface area contributed by atoms with Crippen LogP contribution in [-0.2, 0) is 26.7 Å². The quantitative estimate of drug-likeness (QED) is 0.431. The number of piperazine rings is 1. The van der Waals surface area contributed by atoms with Crippen LogP contribution in [0.5, 0.6) is 0 Å². The number of thioether (sulfide) groups is 1. The molecule has 2 saturated heterocycles. The van der Waals surface area contributed by atoms with Gasteiger partial charge in [0.2, 0.25) is 11.8 Å². The van der Waals surface area contributed by atoms with Crippen molar-refractivity contribution >= 4 is 35.6 Å². The number of rotatable bonds is 10. The molecule has 10 nitrogen and oxygen atoms in total. The number of carboxylic acid groups (broad SMARTS) is 1. The van der Waals surface area contributed by atoms with E-state index in [9.17, 15) is 28.7 Å². The summed E-state index contributed by atoms with van der Waals surface area (Å²) in [6, 6.07) is 14.3. The Morgan fingerprint density at radius 3 is 2.49 bits per heavy atom. The third-order valence-corrected chi connectivity index (χ3v) is 7.76. The fourth-order valence-electron chi connectivity index (χ4n) is 4.84. The number of amides is 4. The van der Waals surface area contributed by atoms with Crippen LogP contribution in [0.25, 0.3) is 0 Å². The molecule has 4 amide bonds. The number of hydrogen-bond donors (Lipinski definition) is 2. The van der Waals surface area contributed by atoms with E-state index in [0.717, 1.165) is 5.75 Å². The summed E-state index contributed by atoms with van der Waals surface area (Å²) in [5.74, 6) is -0.675. The maximum absolute atomic E-state index is 13.5. The Bertz CT molecular complexity index is 1180. The number of aliphatic carboxylic acids is 1. The highest BCUT2D eigenvalue weighted by atomic mass is 32.2. The van der Waals surface area contributed by atoms with Crippen LogP contribution in [-0.4, -0.2) is 93.4 Å². The lowest BCUT2D eigenvalue weighted by atomic mass is 10.0. The van der Waals surface area contributed by atoms with Gasteiger partial charge in [0.15, 0.2) is 0 Å². The minimum atomic E-state index is -1.06. The van der Waals surface area contributed by atoms with Gasteiger partial charge in [0.25, 0.3) is 0 Å². The van der Waals surface area contributed by atoms with Crippen LogP contribution in [0.4, 0.5) is 9.18 Å². The third kappa shape index (κ3) is 7.07. The lowest BCUT2D eigenvalue weighted by Crippen LogP contribution is -2.76. The van der Waals surface area contributed by atoms with E-state index < -0.39 is 24.2 Å². The van der Waals surface area contributed by atoms with Crippen molar-refractivity contribution in [3.05, 3.63) is 71.5 Å². The van der Waals surface area contributed by atoms with Gasteiger partial charge in [-0.25, -0.2) is 19.2 Å². The zero-order valence-corrected chi connectivity index (χ0v) is 22.5. The first kappa shape index (κ1) is 28.4. The minimum Gasteiger partial charge on any atom is -0.481 e. The summed E-state index contributed by atoms with van der Waals surface area (Å²) in [4.78, 5) is 54.3. The van der Waals surface area contributed by atoms with Gasteiger partial charge in [-0.2, -0.15) is 11.8 Å². The summed E-state index contributed by atoms with van der Waals surface area (Å²) < 4.78 is 13.3. The standard InChI is InChI=1S/C27H32FN5O5S/c1-30-17-24(34)32-22(11-12-25(35)36)26(37)31(13-14-39-18-20-5-3-2-4-6-20)16-23(32)33(30)27(38)29-15-19-7-9-21(28)10-8-19/h2-10,22-23H,11-18H2,1H3,(H,29,38)(H,35,36)/t22-,23-/m0/s1. The van der Waals surface area contributed by atoms with E-state index in [0.29, 0.717) is 17.9 Å². The Balaban J connectivity index is 1.49. The molecule has 2 aromatic rings. The van der Waals surface area contributed by atoms with Crippen LogP contribution >= 0.6 is 11.8 Å². The van der Waals surface area contributed by atoms with Gasteiger partial charge in [-0.3, -0.25) is 14.4 Å². The number of fused-ring (bicyclic) bond motifs is 1. The lowest BCUT2D eigenvalue weighted by Gasteiger charge is -2.54. The predicted octanol–water partition coefficient (Wildman–Crippen LogP) is 2.36. The molecule has 2 aliphatic heterocycles. The summed E-state index contributed by atoms with van der Waals surface area (Å²) in [6.45, 7) is 0.511. The molecule has 2 N–H and O–H groups in total. The number of carboxylic acids is 1. The highest BCUT2D eigenvalue weighted by Gasteiger charge is 2.50. The molecule has 0 radical (unpaired) electrons. The molecular weight excluding hydrogens is 525 g/mol. The predicted molar refractivity (Wildman–Crippen MR) is 144 cm³/mol. The first-order chi connectivity index (χ1) is 18.7. The van der Waals surface area contributed by atoms with Gasteiger partial charge in [0.05, 0.1) is 13.1 Å². The van der Waals surface area contributed by atoms with E-state index in [2.05, 4.69) is 5.32 Å². The number of carbonyl (C=O) groups excluding carboxylic acids is 3. The Morgan fingerprint density at radius 1 is 1.08 bits per heavy atom. The summed E-state index contributed by atoms with van der Waals surface area (Å²) in [7, 11) is 1.62. The molecule has 39 heavy (non-hydrogen) atoms. The van der Waals surface area contributed by atoms with Gasteiger partial charge >= 0.3 is 12.0 Å². The maximum Gasteiger partial charge on any atom is 0.334 e. The third-order valence-electron chi connectivity index (χ3n) is 6.75. The van der Waals surface area contributed by atoms with Gasteiger partial charge in [0, 0.05) is 38.1 Å². The molecule has 2 aromatic carbocycles. The van der Waals surface area contributed by atoms with Gasteiger partial charge in [0.1, 0.15) is 18.0 Å². The number of hydrogen-bond acceptors (Lipinski definition) is 6. The fourth-order valence-corrected chi connectivity index (χ4v) is 5.77. The number of urea groups is 1. The number of nitrogens with one attached hydrogen (secondary N) is 1. The van der Waals surface area contributed by atoms with E-state index in [4.69, 9.17) is 0 Å². The van der Waals surface area contributed by atoms with Crippen LogP contribution in [0.3, 0.4) is 0 Å². The molecule has 12 heteroatoms. The average Bonchev–Trinajstić information content (AvgIpc) is 2.91. The number of halogens is 1. The Hall–Kier alpha value is -3.64. The summed E-state index contributed by atoms with van der Waals surface area (Å²) >= 11 is 1.67. The molecule has 2 atom stereocenters. The van der Waals surface area contributed by atoms with Gasteiger partial charge < -0.3 is 20.2 Å². The maximum atomic E-state index is 13.5. The zero-order valence-electron chi connectivity index (χ0n) is 21.7. The summed E-state index contributed by atoms with van der Waals surface area (Å²) in [5.41, 5.74) is 1.87. The first-order valence-electron chi connectivity index (χ1n) is 12.7. The summed E-state index contributed by atoms with van der Waals surface area (Å²) in [6.07, 6.45) is -1.12. The molecule has 2 fully saturated rings. The number of nitrogens with zero attached hydrogens (tertiary/aromatic N) is 4. The molecule has 4 rings (SSSR count). The molecule has 0 bridgehead atoms. The van der Waals surface area contributed by atoms with Crippen molar-refractivity contribution in [2.75, 3.05) is 32.4 Å². The highest BCUT2D eigenvalue weighted by Crippen LogP contribution is 2.28. The van der Waals surface area contributed by atoms with Crippen molar-refractivity contribution in [1.29, 1.82) is 0 Å². The second kappa shape index (κ2) is 12.9. The fraction of sp³-hybridized carbons (Fsp3) is 0.407. The number of benzene rings is 2. The first-order valence-corrected chi connectivity index (χ1v) is 13.9. The zero-order chi connectivity index (χ0) is 27.9. The molecule has 0 aromatic heterocycles. The molecule has 0 aliphatic carbocycles. The van der Waals surface area contributed by atoms with Crippen molar-refractivity contribution < 1.29 is 28.7 Å². The van der Waals surface area contributed by atoms with E-state index >= 15 is 0 Å². The Kier molecular flexibility index (Phi) is 9.41. The van der Waals surface area contributed by atoms with Crippen LogP contribution in [0.15, 0.2) is 54.6 Å². The molecule has 208 valence electrons. The van der Waals surface area contributed by atoms with Crippen LogP contribution < -0.4 is 5.32 Å². The van der Waals surface area contributed by atoms with Crippen molar-refractivity contribution in [3.63, 3.8) is 0 Å². The molecular formula is C27H32FN5O5S. The smallest absolute Gasteiger partial charge is 0.334 e. The molecule has 0 unspecified atom stereocenters. The van der Waals surface area contributed by atoms with Crippen molar-refractivity contribution in [3.8, 4) is 0 Å². The van der Waals surface area contributed by atoms with Gasteiger partial charge in [-0.15, -0.1) is 0 Å². The lowest BCUT2D eigenvalue weighted by molar-refractivity contribution is -0.187. The van der Waals surface area contributed by atoms with E-state index in [-0.39, 0.29) is 50.1 Å². The van der Waals surface area contributed by atoms with Crippen molar-refractivity contribution in [1.82, 2.24) is 25.1 Å². The van der Waals surface area contributed by atoms with Gasteiger partial charge in [-0.1, -0.05) is 42.5 Å². The molecule has 2 heterocycles. The van der Waals surface area contributed by atoms with Crippen molar-refractivity contribution in [2.24, 2.45) is 0 Å². The number of hydrazine groups is 1. The van der Waals surface area contributed by atoms with E-state index in [1.807, 2.05) is 30.3 Å². The monoisotopic (exact) mass is 557 g/mol. The molecule has 0 saturated carbocycles. The van der Waals surface area contributed by atoms with Crippen LogP contribution in [0.1, 0.15) is 24.0 Å². The van der Waals surface area contributed by atoms with Gasteiger partial charge in [-0.05, 0) is 29.7 Å². The van der Waals surface area contributed by atoms with E-state index in [1.165, 1.54) is 32.6 Å². The minimum absolute atomic E-state index is 0.0428. The average molecular weight is 558 g/mol. The molecule has 0 spiro atoms. The van der Waals surface area contributed by atoms with E-state index in [1.54, 1.807) is 35.8 Å². The number of carbonyl (C=O) groups is 4. The second-order valence-electron chi connectivity index (χ2n) is 9.50. The largest absolute Gasteiger partial charge is 0.481 e. The molecule has 2 aliphatic rings. The Morgan fingerprint density at radius 2 is 1.79 bits per heavy atom. The normalized spacial score (nSPS) is 19.7. The Labute approximate surface area is 230 Å².